The van der Waals surface area contributed by atoms with Crippen molar-refractivity contribution in [3.63, 3.8) is 0 Å². The molecule has 5 heteroatoms. The highest BCUT2D eigenvalue weighted by atomic mass is 32.2. The van der Waals surface area contributed by atoms with E-state index < -0.39 is 10.0 Å². The largest absolute Gasteiger partial charge is 0.381 e. The molecule has 118 valence electrons. The molecule has 2 N–H and O–H groups in total. The highest BCUT2D eigenvalue weighted by Crippen LogP contribution is 2.30. The number of benzene rings is 1. The van der Waals surface area contributed by atoms with Gasteiger partial charge in [0.15, 0.2) is 0 Å². The average molecular weight is 310 g/mol. The van der Waals surface area contributed by atoms with Crippen molar-refractivity contribution in [1.29, 1.82) is 0 Å². The third-order valence-electron chi connectivity index (χ3n) is 4.29. The van der Waals surface area contributed by atoms with E-state index >= 15 is 0 Å². The Morgan fingerprint density at radius 2 is 1.76 bits per heavy atom. The third kappa shape index (κ3) is 4.20. The lowest BCUT2D eigenvalue weighted by Crippen LogP contribution is -2.28. The lowest BCUT2D eigenvalue weighted by Gasteiger charge is -2.29. The van der Waals surface area contributed by atoms with E-state index in [1.165, 1.54) is 19.3 Å². The Bertz CT molecular complexity index is 549. The molecule has 1 aromatic carbocycles. The smallest absolute Gasteiger partial charge is 0.242 e. The molecule has 1 aliphatic rings. The fourth-order valence-corrected chi connectivity index (χ4v) is 4.23. The predicted molar refractivity (Wildman–Crippen MR) is 87.0 cm³/mol. The van der Waals surface area contributed by atoms with E-state index in [0.717, 1.165) is 24.4 Å². The number of rotatable bonds is 6. The van der Waals surface area contributed by atoms with E-state index in [0.29, 0.717) is 17.5 Å². The summed E-state index contributed by atoms with van der Waals surface area (Å²) < 4.78 is 27.0. The van der Waals surface area contributed by atoms with Crippen molar-refractivity contribution >= 4 is 15.7 Å². The second kappa shape index (κ2) is 7.27. The first-order valence-corrected chi connectivity index (χ1v) is 9.40. The Hall–Kier alpha value is -1.07. The molecule has 0 amide bonds. The zero-order valence-electron chi connectivity index (χ0n) is 12.9. The molecule has 0 aromatic heterocycles. The van der Waals surface area contributed by atoms with Gasteiger partial charge in [0.25, 0.3) is 0 Å². The minimum Gasteiger partial charge on any atom is -0.381 e. The summed E-state index contributed by atoms with van der Waals surface area (Å²) in [5.41, 5.74) is 0.721. The summed E-state index contributed by atoms with van der Waals surface area (Å²) in [6.45, 7) is 4.44. The zero-order chi connectivity index (χ0) is 15.3. The normalized spacial score (nSPS) is 23.0. The van der Waals surface area contributed by atoms with Gasteiger partial charge < -0.3 is 5.32 Å². The van der Waals surface area contributed by atoms with Crippen molar-refractivity contribution in [2.75, 3.05) is 11.9 Å². The van der Waals surface area contributed by atoms with Gasteiger partial charge in [0.2, 0.25) is 10.0 Å². The Balaban J connectivity index is 2.11. The third-order valence-corrected chi connectivity index (χ3v) is 5.90. The van der Waals surface area contributed by atoms with Gasteiger partial charge in [-0.1, -0.05) is 32.4 Å². The number of anilines is 1. The van der Waals surface area contributed by atoms with Gasteiger partial charge in [0.1, 0.15) is 4.90 Å². The van der Waals surface area contributed by atoms with Crippen molar-refractivity contribution in [3.05, 3.63) is 24.3 Å². The van der Waals surface area contributed by atoms with E-state index in [1.807, 2.05) is 12.1 Å². The second-order valence-corrected chi connectivity index (χ2v) is 7.50. The number of nitrogens with one attached hydrogen (secondary N) is 2. The van der Waals surface area contributed by atoms with Crippen LogP contribution in [0.25, 0.3) is 0 Å². The molecule has 0 heterocycles. The van der Waals surface area contributed by atoms with Crippen LogP contribution in [0, 0.1) is 5.92 Å². The molecule has 0 unspecified atom stereocenters. The summed E-state index contributed by atoms with van der Waals surface area (Å²) in [5, 5.41) is 3.44. The molecule has 1 saturated carbocycles. The number of hydrogen-bond donors (Lipinski definition) is 2. The van der Waals surface area contributed by atoms with E-state index in [2.05, 4.69) is 17.0 Å². The van der Waals surface area contributed by atoms with Crippen molar-refractivity contribution < 1.29 is 8.42 Å². The Morgan fingerprint density at radius 1 is 1.10 bits per heavy atom. The highest BCUT2D eigenvalue weighted by molar-refractivity contribution is 7.89. The molecule has 1 fully saturated rings. The van der Waals surface area contributed by atoms with Crippen LogP contribution in [0.15, 0.2) is 29.2 Å². The minimum absolute atomic E-state index is 0.351. The van der Waals surface area contributed by atoms with Crippen LogP contribution in [0.2, 0.25) is 0 Å². The van der Waals surface area contributed by atoms with Crippen LogP contribution in [0.5, 0.6) is 0 Å². The summed E-state index contributed by atoms with van der Waals surface area (Å²) >= 11 is 0. The summed E-state index contributed by atoms with van der Waals surface area (Å²) in [5.74, 6) is 0.837. The molecule has 4 nitrogen and oxygen atoms in total. The van der Waals surface area contributed by atoms with Crippen LogP contribution >= 0.6 is 0 Å². The van der Waals surface area contributed by atoms with Crippen LogP contribution in [-0.4, -0.2) is 21.0 Å². The summed E-state index contributed by atoms with van der Waals surface area (Å²) in [7, 11) is -3.42. The minimum atomic E-state index is -3.42. The molecule has 2 rings (SSSR count). The first-order valence-electron chi connectivity index (χ1n) is 7.92. The van der Waals surface area contributed by atoms with Gasteiger partial charge in [-0.3, -0.25) is 0 Å². The molecular formula is C16H26N2O2S. The maximum atomic E-state index is 12.2. The van der Waals surface area contributed by atoms with Crippen molar-refractivity contribution in [3.8, 4) is 0 Å². The molecule has 0 bridgehead atoms. The Labute approximate surface area is 128 Å². The van der Waals surface area contributed by atoms with Crippen LogP contribution in [0.4, 0.5) is 5.69 Å². The van der Waals surface area contributed by atoms with Gasteiger partial charge in [-0.2, -0.15) is 0 Å². The van der Waals surface area contributed by atoms with Crippen molar-refractivity contribution in [2.45, 2.75) is 56.9 Å². The maximum absolute atomic E-state index is 12.2. The van der Waals surface area contributed by atoms with Crippen LogP contribution in [-0.2, 0) is 10.0 Å². The van der Waals surface area contributed by atoms with Gasteiger partial charge in [-0.05, 0) is 43.7 Å². The average Bonchev–Trinajstić information content (AvgIpc) is 2.48. The second-order valence-electron chi connectivity index (χ2n) is 5.77. The lowest BCUT2D eigenvalue weighted by molar-refractivity contribution is 0.330. The Kier molecular flexibility index (Phi) is 5.65. The first kappa shape index (κ1) is 16.3. The van der Waals surface area contributed by atoms with Crippen LogP contribution in [0.3, 0.4) is 0 Å². The topological polar surface area (TPSA) is 58.2 Å². The molecular weight excluding hydrogens is 284 g/mol. The molecule has 21 heavy (non-hydrogen) atoms. The van der Waals surface area contributed by atoms with Crippen LogP contribution < -0.4 is 10.0 Å². The standard InChI is InChI=1S/C16H26N2O2S/c1-3-13-9-11-14(12-10-13)18-15-7-5-6-8-16(15)21(19,20)17-4-2/h5-8,13-14,17-18H,3-4,9-12H2,1-2H3. The number of hydrogen-bond acceptors (Lipinski definition) is 3. The van der Waals surface area contributed by atoms with Crippen molar-refractivity contribution in [1.82, 2.24) is 4.72 Å². The quantitative estimate of drug-likeness (QED) is 0.847. The van der Waals surface area contributed by atoms with Crippen molar-refractivity contribution in [2.24, 2.45) is 5.92 Å². The van der Waals surface area contributed by atoms with Gasteiger partial charge >= 0.3 is 0 Å². The number of para-hydroxylation sites is 1. The van der Waals surface area contributed by atoms with E-state index in [-0.39, 0.29) is 0 Å². The summed E-state index contributed by atoms with van der Waals surface area (Å²) in [6.07, 6.45) is 5.95. The van der Waals surface area contributed by atoms with Gasteiger partial charge in [-0.15, -0.1) is 0 Å². The fraction of sp³-hybridized carbons (Fsp3) is 0.625. The molecule has 1 aromatic rings. The van der Waals surface area contributed by atoms with Crippen LogP contribution in [0.1, 0.15) is 46.0 Å². The SMILES string of the molecule is CCNS(=O)(=O)c1ccccc1NC1CCC(CC)CC1. The molecule has 0 atom stereocenters. The number of sulfonamides is 1. The van der Waals surface area contributed by atoms with E-state index in [1.54, 1.807) is 19.1 Å². The highest BCUT2D eigenvalue weighted by Gasteiger charge is 2.22. The molecule has 0 radical (unpaired) electrons. The van der Waals surface area contributed by atoms with Gasteiger partial charge in [0, 0.05) is 12.6 Å². The summed E-state index contributed by atoms with van der Waals surface area (Å²) in [4.78, 5) is 0.351. The Morgan fingerprint density at radius 3 is 2.38 bits per heavy atom. The molecule has 1 aliphatic carbocycles. The lowest BCUT2D eigenvalue weighted by atomic mass is 9.84. The predicted octanol–water partition coefficient (Wildman–Crippen LogP) is 3.37. The van der Waals surface area contributed by atoms with Gasteiger partial charge in [-0.25, -0.2) is 13.1 Å². The molecule has 0 aliphatic heterocycles. The summed E-state index contributed by atoms with van der Waals surface area (Å²) in [6, 6.07) is 7.55. The van der Waals surface area contributed by atoms with E-state index in [9.17, 15) is 8.42 Å². The molecule has 0 saturated heterocycles. The molecule has 0 spiro atoms. The first-order chi connectivity index (χ1) is 10.1. The zero-order valence-corrected chi connectivity index (χ0v) is 13.7. The van der Waals surface area contributed by atoms with E-state index in [4.69, 9.17) is 0 Å². The monoisotopic (exact) mass is 310 g/mol. The fourth-order valence-electron chi connectivity index (χ4n) is 3.02. The van der Waals surface area contributed by atoms with Gasteiger partial charge in [0.05, 0.1) is 5.69 Å². The maximum Gasteiger partial charge on any atom is 0.242 e.